The maximum atomic E-state index is 13.4. The summed E-state index contributed by atoms with van der Waals surface area (Å²) in [5.41, 5.74) is -1.63. The van der Waals surface area contributed by atoms with Gasteiger partial charge in [-0.25, -0.2) is 9.59 Å². The highest BCUT2D eigenvalue weighted by Gasteiger charge is 2.49. The summed E-state index contributed by atoms with van der Waals surface area (Å²) in [4.78, 5) is 37.2. The first-order chi connectivity index (χ1) is 15.7. The minimum Gasteiger partial charge on any atom is -0.475 e. The lowest BCUT2D eigenvalue weighted by Gasteiger charge is -2.29. The van der Waals surface area contributed by atoms with Crippen LogP contribution in [0.3, 0.4) is 0 Å². The lowest BCUT2D eigenvalue weighted by atomic mass is 9.99. The molecule has 0 spiro atoms. The number of carbonyl (C=O) groups is 2. The van der Waals surface area contributed by atoms with Gasteiger partial charge in [-0.1, -0.05) is 0 Å². The van der Waals surface area contributed by atoms with E-state index in [-0.39, 0.29) is 11.1 Å². The van der Waals surface area contributed by atoms with E-state index in [0.29, 0.717) is 12.1 Å². The summed E-state index contributed by atoms with van der Waals surface area (Å²) in [5.74, 6) is -2.88. The van der Waals surface area contributed by atoms with Crippen molar-refractivity contribution in [1.29, 1.82) is 0 Å². The van der Waals surface area contributed by atoms with Crippen molar-refractivity contribution >= 4 is 18.2 Å². The number of hydrogen-bond acceptors (Lipinski definition) is 10. The Balaban J connectivity index is 2.13. The van der Waals surface area contributed by atoms with Gasteiger partial charge in [0.1, 0.15) is 24.7 Å². The van der Waals surface area contributed by atoms with Crippen molar-refractivity contribution in [1.82, 2.24) is 0 Å². The molecule has 0 aromatic heterocycles. The fraction of sp³-hybridized carbons (Fsp3) is 0.412. The van der Waals surface area contributed by atoms with Gasteiger partial charge < -0.3 is 28.5 Å². The average Bonchev–Trinajstić information content (AvgIpc) is 2.68. The van der Waals surface area contributed by atoms with Crippen LogP contribution in [-0.4, -0.2) is 55.9 Å². The van der Waals surface area contributed by atoms with Crippen LogP contribution >= 0.6 is 0 Å². The zero-order valence-electron chi connectivity index (χ0n) is 16.7. The molecule has 17 heteroatoms. The second-order valence-corrected chi connectivity index (χ2v) is 6.19. The van der Waals surface area contributed by atoms with E-state index >= 15 is 0 Å². The molecule has 1 aromatic carbocycles. The lowest BCUT2D eigenvalue weighted by molar-refractivity contribution is -0.757. The Morgan fingerprint density at radius 1 is 1.09 bits per heavy atom. The van der Waals surface area contributed by atoms with Crippen molar-refractivity contribution in [2.24, 2.45) is 0 Å². The van der Waals surface area contributed by atoms with Crippen LogP contribution in [0.2, 0.25) is 0 Å². The van der Waals surface area contributed by atoms with Gasteiger partial charge in [0.2, 0.25) is 12.9 Å². The van der Waals surface area contributed by atoms with Gasteiger partial charge in [0.25, 0.3) is 5.09 Å². The predicted molar refractivity (Wildman–Crippen MR) is 92.6 cm³/mol. The fourth-order valence-electron chi connectivity index (χ4n) is 2.55. The third kappa shape index (κ3) is 7.59. The number of fused-ring (bicyclic) bond motifs is 1. The second-order valence-electron chi connectivity index (χ2n) is 6.19. The largest absolute Gasteiger partial charge is 0.573 e. The van der Waals surface area contributed by atoms with Crippen LogP contribution in [0.1, 0.15) is 11.1 Å². The number of esters is 1. The minimum absolute atomic E-state index is 0.137. The normalized spacial score (nSPS) is 15.3. The maximum absolute atomic E-state index is 13.4. The Kier molecular flexibility index (Phi) is 8.01. The molecule has 1 aromatic rings. The van der Waals surface area contributed by atoms with Crippen molar-refractivity contribution in [2.75, 3.05) is 20.0 Å². The van der Waals surface area contributed by atoms with E-state index < -0.39 is 72.9 Å². The van der Waals surface area contributed by atoms with E-state index in [1.165, 1.54) is 6.92 Å². The first-order valence-electron chi connectivity index (χ1n) is 8.76. The summed E-state index contributed by atoms with van der Waals surface area (Å²) in [6.07, 6.45) is -13.9. The molecule has 34 heavy (non-hydrogen) atoms. The molecule has 0 saturated carbocycles. The van der Waals surface area contributed by atoms with Crippen LogP contribution in [0.4, 0.5) is 31.1 Å². The number of aryl methyl sites for hydroxylation is 1. The average molecular weight is 505 g/mol. The lowest BCUT2D eigenvalue weighted by Crippen LogP contribution is -2.41. The molecule has 0 fully saturated rings. The number of hydrogen-bond donors (Lipinski definition) is 0. The van der Waals surface area contributed by atoms with E-state index in [1.54, 1.807) is 0 Å². The monoisotopic (exact) mass is 505 g/mol. The molecule has 188 valence electrons. The van der Waals surface area contributed by atoms with Gasteiger partial charge in [-0.15, -0.1) is 23.3 Å². The Morgan fingerprint density at radius 2 is 1.76 bits per heavy atom. The van der Waals surface area contributed by atoms with Crippen molar-refractivity contribution in [3.63, 3.8) is 0 Å². The Morgan fingerprint density at radius 3 is 2.35 bits per heavy atom. The molecule has 1 heterocycles. The van der Waals surface area contributed by atoms with E-state index in [4.69, 9.17) is 4.74 Å². The van der Waals surface area contributed by atoms with Crippen LogP contribution in [-0.2, 0) is 23.8 Å². The summed E-state index contributed by atoms with van der Waals surface area (Å²) in [5, 5.41) is 8.75. The smallest absolute Gasteiger partial charge is 0.475 e. The number of benzene rings is 1. The SMILES string of the molecule is Cc1cc(OC(F)(F)F)cc2c1OC(C(F)(F)F)C(C(=O)OCOC(=O)OCCO[N+](=O)[O-])=C2. The number of halogens is 6. The molecule has 11 nitrogen and oxygen atoms in total. The van der Waals surface area contributed by atoms with Crippen LogP contribution in [0.25, 0.3) is 6.08 Å². The number of carbonyl (C=O) groups excluding carboxylic acids is 2. The van der Waals surface area contributed by atoms with Gasteiger partial charge in [0.15, 0.2) is 0 Å². The van der Waals surface area contributed by atoms with Crippen LogP contribution in [0, 0.1) is 17.0 Å². The molecule has 1 aliphatic rings. The number of nitrogens with zero attached hydrogens (tertiary/aromatic N) is 1. The van der Waals surface area contributed by atoms with Gasteiger partial charge in [-0.3, -0.25) is 0 Å². The van der Waals surface area contributed by atoms with E-state index in [2.05, 4.69) is 23.8 Å². The standard InChI is InChI=1S/C17H13F6NO10/c1-8-4-10(34-17(21,22)23)5-9-6-11(13(16(18,19)20)33-12(8)9)14(25)30-7-31-15(26)29-2-3-32-24(27)28/h4-6,13H,2-3,7H2,1H3. The zero-order chi connectivity index (χ0) is 25.7. The summed E-state index contributed by atoms with van der Waals surface area (Å²) < 4.78 is 99.4. The minimum atomic E-state index is -5.13. The highest BCUT2D eigenvalue weighted by atomic mass is 19.4. The molecule has 0 N–H and O–H groups in total. The molecule has 2 rings (SSSR count). The predicted octanol–water partition coefficient (Wildman–Crippen LogP) is 3.46. The highest BCUT2D eigenvalue weighted by molar-refractivity contribution is 5.96. The quantitative estimate of drug-likeness (QED) is 0.129. The third-order valence-electron chi connectivity index (χ3n) is 3.74. The molecule has 0 bridgehead atoms. The summed E-state index contributed by atoms with van der Waals surface area (Å²) in [6, 6.07) is 1.50. The Labute approximate surface area is 184 Å². The Bertz CT molecular complexity index is 975. The van der Waals surface area contributed by atoms with Gasteiger partial charge >= 0.3 is 24.7 Å². The Hall–Kier alpha value is -3.92. The zero-order valence-corrected chi connectivity index (χ0v) is 16.7. The maximum Gasteiger partial charge on any atom is 0.573 e. The first kappa shape index (κ1) is 26.3. The van der Waals surface area contributed by atoms with Crippen LogP contribution < -0.4 is 9.47 Å². The van der Waals surface area contributed by atoms with Gasteiger partial charge in [-0.2, -0.15) is 13.2 Å². The van der Waals surface area contributed by atoms with Crippen molar-refractivity contribution in [2.45, 2.75) is 25.6 Å². The van der Waals surface area contributed by atoms with Crippen molar-refractivity contribution in [3.8, 4) is 11.5 Å². The molecule has 0 radical (unpaired) electrons. The topological polar surface area (TPSA) is 133 Å². The van der Waals surface area contributed by atoms with Crippen LogP contribution in [0.15, 0.2) is 17.7 Å². The van der Waals surface area contributed by atoms with E-state index in [9.17, 15) is 46.0 Å². The second kappa shape index (κ2) is 10.3. The van der Waals surface area contributed by atoms with Crippen molar-refractivity contribution in [3.05, 3.63) is 38.9 Å². The highest BCUT2D eigenvalue weighted by Crippen LogP contribution is 2.41. The molecular weight excluding hydrogens is 492 g/mol. The van der Waals surface area contributed by atoms with Gasteiger partial charge in [0.05, 0.1) is 5.57 Å². The number of ether oxygens (including phenoxy) is 5. The number of rotatable bonds is 8. The molecule has 0 saturated heterocycles. The molecule has 1 aliphatic heterocycles. The van der Waals surface area contributed by atoms with Crippen LogP contribution in [0.5, 0.6) is 11.5 Å². The molecule has 0 amide bonds. The first-order valence-corrected chi connectivity index (χ1v) is 8.76. The van der Waals surface area contributed by atoms with Gasteiger partial charge in [0, 0.05) is 5.56 Å². The van der Waals surface area contributed by atoms with Crippen molar-refractivity contribution < 1.29 is 69.5 Å². The fourth-order valence-corrected chi connectivity index (χ4v) is 2.55. The molecular formula is C17H13F6NO10. The van der Waals surface area contributed by atoms with E-state index in [0.717, 1.165) is 6.07 Å². The molecule has 1 unspecified atom stereocenters. The van der Waals surface area contributed by atoms with E-state index in [1.807, 2.05) is 0 Å². The summed E-state index contributed by atoms with van der Waals surface area (Å²) in [6.45, 7) is -1.32. The molecule has 1 atom stereocenters. The molecule has 0 aliphatic carbocycles. The summed E-state index contributed by atoms with van der Waals surface area (Å²) >= 11 is 0. The number of alkyl halides is 6. The van der Waals surface area contributed by atoms with Gasteiger partial charge in [-0.05, 0) is 30.7 Å². The summed E-state index contributed by atoms with van der Waals surface area (Å²) in [7, 11) is 0. The third-order valence-corrected chi connectivity index (χ3v) is 3.74.